The van der Waals surface area contributed by atoms with Crippen molar-refractivity contribution < 1.29 is 24.5 Å². The number of aliphatic hydroxyl groups is 1. The van der Waals surface area contributed by atoms with Crippen LogP contribution in [0.15, 0.2) is 18.2 Å². The lowest BCUT2D eigenvalue weighted by atomic mass is 10.0. The van der Waals surface area contributed by atoms with Crippen LogP contribution in [-0.2, 0) is 4.79 Å². The molecule has 0 bridgehead atoms. The van der Waals surface area contributed by atoms with Gasteiger partial charge in [-0.3, -0.25) is 4.79 Å². The van der Waals surface area contributed by atoms with Crippen molar-refractivity contribution in [1.82, 2.24) is 0 Å². The van der Waals surface area contributed by atoms with Gasteiger partial charge >= 0.3 is 5.97 Å². The number of hydrogen-bond donors (Lipinski definition) is 2. The first-order valence-corrected chi connectivity index (χ1v) is 4.71. The summed E-state index contributed by atoms with van der Waals surface area (Å²) in [5.41, 5.74) is 0.356. The Balaban J connectivity index is 3.12. The predicted molar refractivity (Wildman–Crippen MR) is 56.8 cm³/mol. The highest BCUT2D eigenvalue weighted by Gasteiger charge is 2.20. The van der Waals surface area contributed by atoms with Crippen molar-refractivity contribution in [3.8, 4) is 11.5 Å². The number of aliphatic carboxylic acids is 1. The standard InChI is InChI=1S/C11H14O5/c1-15-8-4-3-5-9(16-2)11(8)7(12)6-10(13)14/h3-5,7,12H,6H2,1-2H3,(H,13,14). The topological polar surface area (TPSA) is 76.0 Å². The van der Waals surface area contributed by atoms with Gasteiger partial charge in [0.2, 0.25) is 0 Å². The van der Waals surface area contributed by atoms with Crippen LogP contribution in [0, 0.1) is 0 Å². The van der Waals surface area contributed by atoms with E-state index >= 15 is 0 Å². The number of hydrogen-bond acceptors (Lipinski definition) is 4. The van der Waals surface area contributed by atoms with E-state index in [1.54, 1.807) is 18.2 Å². The number of rotatable bonds is 5. The number of aliphatic hydroxyl groups excluding tert-OH is 1. The smallest absolute Gasteiger partial charge is 0.306 e. The first-order chi connectivity index (χ1) is 7.60. The van der Waals surface area contributed by atoms with Crippen molar-refractivity contribution in [2.75, 3.05) is 14.2 Å². The van der Waals surface area contributed by atoms with Gasteiger partial charge in [0, 0.05) is 0 Å². The molecule has 1 unspecified atom stereocenters. The van der Waals surface area contributed by atoms with Crippen molar-refractivity contribution in [1.29, 1.82) is 0 Å². The van der Waals surface area contributed by atoms with E-state index in [0.717, 1.165) is 0 Å². The van der Waals surface area contributed by atoms with Crippen LogP contribution >= 0.6 is 0 Å². The SMILES string of the molecule is COc1cccc(OC)c1C(O)CC(=O)O. The lowest BCUT2D eigenvalue weighted by Gasteiger charge is -2.16. The Morgan fingerprint density at radius 2 is 1.81 bits per heavy atom. The van der Waals surface area contributed by atoms with Crippen LogP contribution in [0.5, 0.6) is 11.5 Å². The normalized spacial score (nSPS) is 11.9. The summed E-state index contributed by atoms with van der Waals surface area (Å²) in [5.74, 6) is -0.262. The first-order valence-electron chi connectivity index (χ1n) is 4.71. The quantitative estimate of drug-likeness (QED) is 0.789. The van der Waals surface area contributed by atoms with E-state index < -0.39 is 18.5 Å². The van der Waals surface area contributed by atoms with E-state index in [2.05, 4.69) is 0 Å². The maximum Gasteiger partial charge on any atom is 0.306 e. The van der Waals surface area contributed by atoms with E-state index in [1.165, 1.54) is 14.2 Å². The monoisotopic (exact) mass is 226 g/mol. The number of ether oxygens (including phenoxy) is 2. The van der Waals surface area contributed by atoms with Gasteiger partial charge in [-0.05, 0) is 12.1 Å². The van der Waals surface area contributed by atoms with E-state index in [-0.39, 0.29) is 0 Å². The number of carboxylic acid groups (broad SMARTS) is 1. The van der Waals surface area contributed by atoms with Gasteiger partial charge in [0.05, 0.1) is 32.3 Å². The van der Waals surface area contributed by atoms with Crippen LogP contribution in [-0.4, -0.2) is 30.4 Å². The molecule has 1 rings (SSSR count). The number of carbonyl (C=O) groups is 1. The fourth-order valence-corrected chi connectivity index (χ4v) is 1.48. The molecule has 0 saturated heterocycles. The molecule has 0 saturated carbocycles. The highest BCUT2D eigenvalue weighted by Crippen LogP contribution is 2.35. The van der Waals surface area contributed by atoms with Gasteiger partial charge in [0.15, 0.2) is 0 Å². The largest absolute Gasteiger partial charge is 0.496 e. The molecule has 16 heavy (non-hydrogen) atoms. The van der Waals surface area contributed by atoms with E-state index in [0.29, 0.717) is 17.1 Å². The van der Waals surface area contributed by atoms with Crippen molar-refractivity contribution in [3.63, 3.8) is 0 Å². The predicted octanol–water partition coefficient (Wildman–Crippen LogP) is 1.21. The summed E-state index contributed by atoms with van der Waals surface area (Å²) in [6, 6.07) is 4.99. The highest BCUT2D eigenvalue weighted by atomic mass is 16.5. The van der Waals surface area contributed by atoms with Gasteiger partial charge in [-0.2, -0.15) is 0 Å². The summed E-state index contributed by atoms with van der Waals surface area (Å²) in [5, 5.41) is 18.4. The second-order valence-corrected chi connectivity index (χ2v) is 3.19. The zero-order chi connectivity index (χ0) is 12.1. The van der Waals surface area contributed by atoms with Gasteiger partial charge in [0.25, 0.3) is 0 Å². The van der Waals surface area contributed by atoms with E-state index in [1.807, 2.05) is 0 Å². The van der Waals surface area contributed by atoms with Crippen LogP contribution in [0.3, 0.4) is 0 Å². The zero-order valence-corrected chi connectivity index (χ0v) is 9.14. The molecule has 0 aliphatic heterocycles. The molecule has 1 aromatic carbocycles. The molecule has 0 fully saturated rings. The molecule has 88 valence electrons. The molecule has 0 aliphatic rings. The van der Waals surface area contributed by atoms with Crippen LogP contribution < -0.4 is 9.47 Å². The van der Waals surface area contributed by atoms with Crippen molar-refractivity contribution in [2.24, 2.45) is 0 Å². The fourth-order valence-electron chi connectivity index (χ4n) is 1.48. The number of benzene rings is 1. The van der Waals surface area contributed by atoms with Gasteiger partial charge < -0.3 is 19.7 Å². The molecule has 1 atom stereocenters. The molecule has 0 aromatic heterocycles. The van der Waals surface area contributed by atoms with E-state index in [4.69, 9.17) is 14.6 Å². The van der Waals surface area contributed by atoms with Crippen LogP contribution in [0.4, 0.5) is 0 Å². The molecule has 5 heteroatoms. The number of methoxy groups -OCH3 is 2. The average Bonchev–Trinajstić information content (AvgIpc) is 2.26. The molecular weight excluding hydrogens is 212 g/mol. The van der Waals surface area contributed by atoms with Crippen molar-refractivity contribution >= 4 is 5.97 Å². The molecule has 0 spiro atoms. The second-order valence-electron chi connectivity index (χ2n) is 3.19. The Bertz CT molecular complexity index is 352. The summed E-state index contributed by atoms with van der Waals surface area (Å²) in [6.07, 6.45) is -1.54. The minimum Gasteiger partial charge on any atom is -0.496 e. The average molecular weight is 226 g/mol. The van der Waals surface area contributed by atoms with Crippen LogP contribution in [0.2, 0.25) is 0 Å². The molecule has 2 N–H and O–H groups in total. The van der Waals surface area contributed by atoms with Crippen molar-refractivity contribution in [3.05, 3.63) is 23.8 Å². The Hall–Kier alpha value is -1.75. The summed E-state index contributed by atoms with van der Waals surface area (Å²) >= 11 is 0. The third-order valence-corrected chi connectivity index (χ3v) is 2.17. The molecule has 0 aliphatic carbocycles. The minimum absolute atomic E-state index is 0.356. The van der Waals surface area contributed by atoms with Gasteiger partial charge in [-0.25, -0.2) is 0 Å². The summed E-state index contributed by atoms with van der Waals surface area (Å²) in [6.45, 7) is 0. The van der Waals surface area contributed by atoms with Gasteiger partial charge in [-0.15, -0.1) is 0 Å². The summed E-state index contributed by atoms with van der Waals surface area (Å²) in [4.78, 5) is 10.5. The molecule has 0 amide bonds. The van der Waals surface area contributed by atoms with E-state index in [9.17, 15) is 9.90 Å². The minimum atomic E-state index is -1.15. The summed E-state index contributed by atoms with van der Waals surface area (Å²) in [7, 11) is 2.90. The molecule has 0 heterocycles. The lowest BCUT2D eigenvalue weighted by Crippen LogP contribution is -2.08. The molecule has 0 radical (unpaired) electrons. The van der Waals surface area contributed by atoms with Gasteiger partial charge in [-0.1, -0.05) is 6.07 Å². The lowest BCUT2D eigenvalue weighted by molar-refractivity contribution is -0.139. The summed E-state index contributed by atoms with van der Waals surface area (Å²) < 4.78 is 10.1. The van der Waals surface area contributed by atoms with Crippen LogP contribution in [0.1, 0.15) is 18.1 Å². The molecular formula is C11H14O5. The Kier molecular flexibility index (Phi) is 4.13. The maximum atomic E-state index is 10.5. The Morgan fingerprint density at radius 1 is 1.31 bits per heavy atom. The molecule has 1 aromatic rings. The Labute approximate surface area is 93.2 Å². The third-order valence-electron chi connectivity index (χ3n) is 2.17. The fraction of sp³-hybridized carbons (Fsp3) is 0.364. The van der Waals surface area contributed by atoms with Crippen molar-refractivity contribution in [2.45, 2.75) is 12.5 Å². The van der Waals surface area contributed by atoms with Crippen LogP contribution in [0.25, 0.3) is 0 Å². The first kappa shape index (κ1) is 12.3. The zero-order valence-electron chi connectivity index (χ0n) is 9.14. The molecule has 5 nitrogen and oxygen atoms in total. The van der Waals surface area contributed by atoms with Gasteiger partial charge in [0.1, 0.15) is 11.5 Å². The highest BCUT2D eigenvalue weighted by molar-refractivity contribution is 5.68. The third kappa shape index (κ3) is 2.64. The number of carboxylic acids is 1. The maximum absolute atomic E-state index is 10.5. The second kappa shape index (κ2) is 5.37. The Morgan fingerprint density at radius 3 is 2.19 bits per heavy atom.